The van der Waals surface area contributed by atoms with E-state index in [0.717, 1.165) is 19.6 Å². The first-order valence-electron chi connectivity index (χ1n) is 7.48. The number of benzene rings is 1. The van der Waals surface area contributed by atoms with Gasteiger partial charge in [0.25, 0.3) is 0 Å². The topological polar surface area (TPSA) is 58.6 Å². The number of hydrogen-bond donors (Lipinski definition) is 1. The summed E-state index contributed by atoms with van der Waals surface area (Å²) in [5.74, 6) is 0.651. The molecule has 5 nitrogen and oxygen atoms in total. The molecule has 1 N–H and O–H groups in total. The second-order valence-corrected chi connectivity index (χ2v) is 7.10. The van der Waals surface area contributed by atoms with Gasteiger partial charge in [-0.3, -0.25) is 0 Å². The minimum atomic E-state index is -3.43. The minimum Gasteiger partial charge on any atom is -0.497 e. The second kappa shape index (κ2) is 7.77. The summed E-state index contributed by atoms with van der Waals surface area (Å²) in [7, 11) is -1.87. The number of sulfonamides is 1. The van der Waals surface area contributed by atoms with E-state index >= 15 is 0 Å². The summed E-state index contributed by atoms with van der Waals surface area (Å²) in [6.07, 6.45) is 5.00. The summed E-state index contributed by atoms with van der Waals surface area (Å²) in [5, 5.41) is 0. The summed E-state index contributed by atoms with van der Waals surface area (Å²) in [4.78, 5) is 2.61. The third-order valence-corrected chi connectivity index (χ3v) is 5.27. The van der Waals surface area contributed by atoms with Gasteiger partial charge >= 0.3 is 0 Å². The highest BCUT2D eigenvalue weighted by molar-refractivity contribution is 7.89. The molecule has 0 aromatic heterocycles. The monoisotopic (exact) mass is 312 g/mol. The molecule has 0 atom stereocenters. The van der Waals surface area contributed by atoms with Crippen molar-refractivity contribution in [3.05, 3.63) is 24.3 Å². The van der Waals surface area contributed by atoms with Crippen LogP contribution in [0.25, 0.3) is 0 Å². The lowest BCUT2D eigenvalue weighted by atomic mass is 10.2. The normalized spacial score (nSPS) is 17.4. The first-order valence-corrected chi connectivity index (χ1v) is 8.96. The Kier molecular flexibility index (Phi) is 6.02. The SMILES string of the molecule is COc1ccc(S(=O)(=O)NCCN2CCCCCC2)cc1. The van der Waals surface area contributed by atoms with Crippen LogP contribution in [0.3, 0.4) is 0 Å². The summed E-state index contributed by atoms with van der Waals surface area (Å²) in [5.41, 5.74) is 0. The van der Waals surface area contributed by atoms with Crippen molar-refractivity contribution < 1.29 is 13.2 Å². The van der Waals surface area contributed by atoms with Crippen molar-refractivity contribution in [1.82, 2.24) is 9.62 Å². The van der Waals surface area contributed by atoms with Crippen LogP contribution in [0.2, 0.25) is 0 Å². The molecule has 2 rings (SSSR count). The lowest BCUT2D eigenvalue weighted by Gasteiger charge is -2.19. The first-order chi connectivity index (χ1) is 10.1. The van der Waals surface area contributed by atoms with E-state index in [1.54, 1.807) is 31.4 Å². The number of nitrogens with zero attached hydrogens (tertiary/aromatic N) is 1. The van der Waals surface area contributed by atoms with Gasteiger partial charge in [-0.1, -0.05) is 12.8 Å². The molecule has 0 amide bonds. The first kappa shape index (κ1) is 16.3. The van der Waals surface area contributed by atoms with Crippen molar-refractivity contribution in [2.45, 2.75) is 30.6 Å². The standard InChI is InChI=1S/C15H24N2O3S/c1-20-14-6-8-15(9-7-14)21(18,19)16-10-13-17-11-4-2-3-5-12-17/h6-9,16H,2-5,10-13H2,1H3. The lowest BCUT2D eigenvalue weighted by molar-refractivity contribution is 0.290. The molecule has 1 aliphatic heterocycles. The molecule has 0 spiro atoms. The Morgan fingerprint density at radius 3 is 2.29 bits per heavy atom. The van der Waals surface area contributed by atoms with Crippen molar-refractivity contribution in [3.8, 4) is 5.75 Å². The number of ether oxygens (including phenoxy) is 1. The molecular weight excluding hydrogens is 288 g/mol. The zero-order chi connectivity index (χ0) is 15.1. The molecule has 6 heteroatoms. The molecule has 1 aromatic rings. The Balaban J connectivity index is 1.85. The van der Waals surface area contributed by atoms with Gasteiger partial charge in [0.1, 0.15) is 5.75 Å². The Hall–Kier alpha value is -1.11. The maximum Gasteiger partial charge on any atom is 0.240 e. The minimum absolute atomic E-state index is 0.277. The highest BCUT2D eigenvalue weighted by atomic mass is 32.2. The molecule has 1 saturated heterocycles. The molecule has 1 fully saturated rings. The second-order valence-electron chi connectivity index (χ2n) is 5.33. The molecule has 21 heavy (non-hydrogen) atoms. The zero-order valence-corrected chi connectivity index (χ0v) is 13.4. The Bertz CT molecular complexity index is 520. The van der Waals surface area contributed by atoms with Crippen LogP contribution in [0.1, 0.15) is 25.7 Å². The summed E-state index contributed by atoms with van der Waals surface area (Å²) in [6, 6.07) is 6.44. The smallest absolute Gasteiger partial charge is 0.240 e. The van der Waals surface area contributed by atoms with E-state index in [1.165, 1.54) is 25.7 Å². The van der Waals surface area contributed by atoms with Gasteiger partial charge in [-0.05, 0) is 50.2 Å². The van der Waals surface area contributed by atoms with Crippen LogP contribution in [0.5, 0.6) is 5.75 Å². The van der Waals surface area contributed by atoms with Crippen LogP contribution >= 0.6 is 0 Å². The maximum absolute atomic E-state index is 12.2. The summed E-state index contributed by atoms with van der Waals surface area (Å²) >= 11 is 0. The lowest BCUT2D eigenvalue weighted by Crippen LogP contribution is -2.35. The third kappa shape index (κ3) is 4.98. The number of methoxy groups -OCH3 is 1. The van der Waals surface area contributed by atoms with Crippen molar-refractivity contribution >= 4 is 10.0 Å². The molecular formula is C15H24N2O3S. The average Bonchev–Trinajstić information content (AvgIpc) is 2.76. The van der Waals surface area contributed by atoms with Gasteiger partial charge in [-0.2, -0.15) is 0 Å². The fourth-order valence-electron chi connectivity index (χ4n) is 2.54. The Morgan fingerprint density at radius 1 is 1.10 bits per heavy atom. The van der Waals surface area contributed by atoms with Crippen molar-refractivity contribution in [2.24, 2.45) is 0 Å². The molecule has 0 bridgehead atoms. The quantitative estimate of drug-likeness (QED) is 0.871. The van der Waals surface area contributed by atoms with Gasteiger partial charge < -0.3 is 9.64 Å². The number of nitrogens with one attached hydrogen (secondary N) is 1. The molecule has 1 heterocycles. The van der Waals surface area contributed by atoms with Crippen LogP contribution in [0.15, 0.2) is 29.2 Å². The maximum atomic E-state index is 12.2. The highest BCUT2D eigenvalue weighted by Gasteiger charge is 2.15. The van der Waals surface area contributed by atoms with E-state index in [2.05, 4.69) is 9.62 Å². The van der Waals surface area contributed by atoms with Crippen LogP contribution < -0.4 is 9.46 Å². The molecule has 0 aliphatic carbocycles. The van der Waals surface area contributed by atoms with E-state index in [9.17, 15) is 8.42 Å². The van der Waals surface area contributed by atoms with Gasteiger partial charge in [0, 0.05) is 13.1 Å². The fourth-order valence-corrected chi connectivity index (χ4v) is 3.56. The van der Waals surface area contributed by atoms with Crippen molar-refractivity contribution in [2.75, 3.05) is 33.3 Å². The van der Waals surface area contributed by atoms with Gasteiger partial charge in [0.15, 0.2) is 0 Å². The van der Waals surface area contributed by atoms with Gasteiger partial charge in [0.05, 0.1) is 12.0 Å². The van der Waals surface area contributed by atoms with E-state index in [4.69, 9.17) is 4.74 Å². The summed E-state index contributed by atoms with van der Waals surface area (Å²) in [6.45, 7) is 3.37. The number of hydrogen-bond acceptors (Lipinski definition) is 4. The van der Waals surface area contributed by atoms with E-state index in [-0.39, 0.29) is 4.90 Å². The number of likely N-dealkylation sites (tertiary alicyclic amines) is 1. The van der Waals surface area contributed by atoms with E-state index < -0.39 is 10.0 Å². The molecule has 0 saturated carbocycles. The van der Waals surface area contributed by atoms with Crippen LogP contribution in [-0.4, -0.2) is 46.6 Å². The molecule has 1 aromatic carbocycles. The molecule has 0 unspecified atom stereocenters. The van der Waals surface area contributed by atoms with Crippen molar-refractivity contribution in [3.63, 3.8) is 0 Å². The molecule has 0 radical (unpaired) electrons. The fraction of sp³-hybridized carbons (Fsp3) is 0.600. The van der Waals surface area contributed by atoms with E-state index in [1.807, 2.05) is 0 Å². The van der Waals surface area contributed by atoms with Crippen LogP contribution in [-0.2, 0) is 10.0 Å². The van der Waals surface area contributed by atoms with Crippen LogP contribution in [0.4, 0.5) is 0 Å². The van der Waals surface area contributed by atoms with Gasteiger partial charge in [-0.15, -0.1) is 0 Å². The largest absolute Gasteiger partial charge is 0.497 e. The van der Waals surface area contributed by atoms with Crippen molar-refractivity contribution in [1.29, 1.82) is 0 Å². The highest BCUT2D eigenvalue weighted by Crippen LogP contribution is 2.15. The average molecular weight is 312 g/mol. The summed E-state index contributed by atoms with van der Waals surface area (Å²) < 4.78 is 32.0. The third-order valence-electron chi connectivity index (χ3n) is 3.79. The van der Waals surface area contributed by atoms with Gasteiger partial charge in [-0.25, -0.2) is 13.1 Å². The van der Waals surface area contributed by atoms with E-state index in [0.29, 0.717) is 12.3 Å². The predicted molar refractivity (Wildman–Crippen MR) is 83.1 cm³/mol. The van der Waals surface area contributed by atoms with Crippen LogP contribution in [0, 0.1) is 0 Å². The number of rotatable bonds is 6. The Morgan fingerprint density at radius 2 is 1.71 bits per heavy atom. The molecule has 1 aliphatic rings. The van der Waals surface area contributed by atoms with Gasteiger partial charge in [0.2, 0.25) is 10.0 Å². The Labute approximate surface area is 127 Å². The zero-order valence-electron chi connectivity index (χ0n) is 12.5. The molecule has 118 valence electrons. The predicted octanol–water partition coefficient (Wildman–Crippen LogP) is 1.85.